The number of thiophene rings is 1. The average molecular weight is 382 g/mol. The number of amides is 1. The lowest BCUT2D eigenvalue weighted by molar-refractivity contribution is 0.0505. The Kier molecular flexibility index (Phi) is 5.36. The van der Waals surface area contributed by atoms with E-state index in [-0.39, 0.29) is 12.0 Å². The fourth-order valence-corrected chi connectivity index (χ4v) is 4.14. The molecule has 1 fully saturated rings. The number of rotatable bonds is 6. The average Bonchev–Trinajstić information content (AvgIpc) is 3.44. The van der Waals surface area contributed by atoms with Crippen LogP contribution >= 0.6 is 11.3 Å². The predicted molar refractivity (Wildman–Crippen MR) is 106 cm³/mol. The molecule has 1 aromatic carbocycles. The summed E-state index contributed by atoms with van der Waals surface area (Å²) in [6.07, 6.45) is 2.19. The Morgan fingerprint density at radius 2 is 2.15 bits per heavy atom. The van der Waals surface area contributed by atoms with Crippen molar-refractivity contribution in [1.82, 2.24) is 14.7 Å². The van der Waals surface area contributed by atoms with E-state index in [1.807, 2.05) is 64.4 Å². The number of benzene rings is 1. The van der Waals surface area contributed by atoms with Crippen LogP contribution in [0.3, 0.4) is 0 Å². The van der Waals surface area contributed by atoms with Gasteiger partial charge < -0.3 is 9.64 Å². The monoisotopic (exact) mass is 381 g/mol. The van der Waals surface area contributed by atoms with Gasteiger partial charge in [-0.3, -0.25) is 4.79 Å². The molecule has 1 amide bonds. The molecule has 2 aromatic heterocycles. The van der Waals surface area contributed by atoms with Gasteiger partial charge in [0.05, 0.1) is 18.3 Å². The van der Waals surface area contributed by atoms with Gasteiger partial charge in [0.1, 0.15) is 0 Å². The first kappa shape index (κ1) is 17.9. The lowest BCUT2D eigenvalue weighted by Crippen LogP contribution is -2.37. The SMILES string of the molecule is Cc1cc(C(=O)N(Cc2cccs2)CC2CCCO2)nn1-c1ccccc1. The zero-order valence-electron chi connectivity index (χ0n) is 15.4. The van der Waals surface area contributed by atoms with E-state index in [2.05, 4.69) is 11.2 Å². The van der Waals surface area contributed by atoms with Crippen LogP contribution in [0, 0.1) is 6.92 Å². The Hall–Kier alpha value is -2.44. The first-order valence-electron chi connectivity index (χ1n) is 9.26. The number of aromatic nitrogens is 2. The Labute approximate surface area is 163 Å². The number of carbonyl (C=O) groups is 1. The summed E-state index contributed by atoms with van der Waals surface area (Å²) >= 11 is 1.67. The summed E-state index contributed by atoms with van der Waals surface area (Å²) in [5.74, 6) is -0.0447. The molecule has 4 rings (SSSR count). The predicted octanol–water partition coefficient (Wildman–Crippen LogP) is 4.06. The highest BCUT2D eigenvalue weighted by molar-refractivity contribution is 7.09. The number of hydrogen-bond donors (Lipinski definition) is 0. The summed E-state index contributed by atoms with van der Waals surface area (Å²) in [6.45, 7) is 3.95. The molecule has 0 N–H and O–H groups in total. The summed E-state index contributed by atoms with van der Waals surface area (Å²) in [5, 5.41) is 6.63. The third kappa shape index (κ3) is 4.12. The molecule has 1 unspecified atom stereocenters. The van der Waals surface area contributed by atoms with E-state index in [9.17, 15) is 4.79 Å². The molecule has 0 spiro atoms. The molecular weight excluding hydrogens is 358 g/mol. The zero-order chi connectivity index (χ0) is 18.6. The smallest absolute Gasteiger partial charge is 0.274 e. The molecule has 0 aliphatic carbocycles. The molecule has 140 valence electrons. The minimum Gasteiger partial charge on any atom is -0.376 e. The lowest BCUT2D eigenvalue weighted by atomic mass is 10.2. The van der Waals surface area contributed by atoms with Crippen LogP contribution in [0.15, 0.2) is 53.9 Å². The van der Waals surface area contributed by atoms with Crippen molar-refractivity contribution in [2.45, 2.75) is 32.4 Å². The third-order valence-corrected chi connectivity index (χ3v) is 5.63. The number of aryl methyl sites for hydroxylation is 1. The molecule has 0 saturated carbocycles. The molecule has 1 aliphatic rings. The van der Waals surface area contributed by atoms with E-state index in [1.54, 1.807) is 11.3 Å². The fraction of sp³-hybridized carbons (Fsp3) is 0.333. The first-order valence-corrected chi connectivity index (χ1v) is 10.1. The van der Waals surface area contributed by atoms with Crippen molar-refractivity contribution in [3.63, 3.8) is 0 Å². The molecule has 1 saturated heterocycles. The van der Waals surface area contributed by atoms with Crippen LogP contribution in [0.4, 0.5) is 0 Å². The van der Waals surface area contributed by atoms with E-state index < -0.39 is 0 Å². The topological polar surface area (TPSA) is 47.4 Å². The normalized spacial score (nSPS) is 16.6. The van der Waals surface area contributed by atoms with Gasteiger partial charge >= 0.3 is 0 Å². The van der Waals surface area contributed by atoms with Gasteiger partial charge in [-0.25, -0.2) is 4.68 Å². The highest BCUT2D eigenvalue weighted by Gasteiger charge is 2.26. The standard InChI is InChI=1S/C21H23N3O2S/c1-16-13-20(22-24(16)17-7-3-2-4-8-17)21(25)23(14-18-9-5-11-26-18)15-19-10-6-12-27-19/h2-4,6-8,10,12-13,18H,5,9,11,14-15H2,1H3. The summed E-state index contributed by atoms with van der Waals surface area (Å²) in [7, 11) is 0. The van der Waals surface area contributed by atoms with Gasteiger partial charge in [-0.15, -0.1) is 11.3 Å². The number of hydrogen-bond acceptors (Lipinski definition) is 4. The van der Waals surface area contributed by atoms with E-state index >= 15 is 0 Å². The van der Waals surface area contributed by atoms with Crippen molar-refractivity contribution in [3.05, 3.63) is 70.2 Å². The molecule has 1 atom stereocenters. The third-order valence-electron chi connectivity index (χ3n) is 4.77. The summed E-state index contributed by atoms with van der Waals surface area (Å²) in [6, 6.07) is 15.8. The maximum Gasteiger partial charge on any atom is 0.274 e. The first-order chi connectivity index (χ1) is 13.2. The maximum absolute atomic E-state index is 13.3. The quantitative estimate of drug-likeness (QED) is 0.647. The minimum absolute atomic E-state index is 0.0447. The van der Waals surface area contributed by atoms with E-state index in [4.69, 9.17) is 4.74 Å². The number of ether oxygens (including phenoxy) is 1. The fourth-order valence-electron chi connectivity index (χ4n) is 3.42. The second-order valence-electron chi connectivity index (χ2n) is 6.82. The number of nitrogens with zero attached hydrogens (tertiary/aromatic N) is 3. The van der Waals surface area contributed by atoms with Crippen molar-refractivity contribution in [2.24, 2.45) is 0 Å². The van der Waals surface area contributed by atoms with Gasteiger partial charge in [-0.05, 0) is 49.4 Å². The van der Waals surface area contributed by atoms with Gasteiger partial charge in [-0.2, -0.15) is 5.10 Å². The maximum atomic E-state index is 13.3. The molecule has 3 heterocycles. The lowest BCUT2D eigenvalue weighted by Gasteiger charge is -2.24. The van der Waals surface area contributed by atoms with Crippen LogP contribution in [-0.2, 0) is 11.3 Å². The van der Waals surface area contributed by atoms with Gasteiger partial charge in [0.2, 0.25) is 0 Å². The summed E-state index contributed by atoms with van der Waals surface area (Å²) in [4.78, 5) is 16.3. The van der Waals surface area contributed by atoms with Gasteiger partial charge in [-0.1, -0.05) is 24.3 Å². The van der Waals surface area contributed by atoms with E-state index in [0.29, 0.717) is 18.8 Å². The number of carbonyl (C=O) groups excluding carboxylic acids is 1. The van der Waals surface area contributed by atoms with Crippen molar-refractivity contribution < 1.29 is 9.53 Å². The van der Waals surface area contributed by atoms with Crippen LogP contribution in [-0.4, -0.2) is 39.8 Å². The molecule has 1 aliphatic heterocycles. The van der Waals surface area contributed by atoms with Crippen LogP contribution in [0.2, 0.25) is 0 Å². The highest BCUT2D eigenvalue weighted by atomic mass is 32.1. The minimum atomic E-state index is -0.0447. The van der Waals surface area contributed by atoms with Crippen LogP contribution in [0.1, 0.15) is 33.9 Å². The molecule has 0 radical (unpaired) electrons. The molecular formula is C21H23N3O2S. The van der Waals surface area contributed by atoms with Crippen molar-refractivity contribution in [2.75, 3.05) is 13.2 Å². The van der Waals surface area contributed by atoms with Gasteiger partial charge in [0, 0.05) is 23.7 Å². The summed E-state index contributed by atoms with van der Waals surface area (Å²) < 4.78 is 7.59. The van der Waals surface area contributed by atoms with Crippen LogP contribution in [0.5, 0.6) is 0 Å². The second kappa shape index (κ2) is 8.06. The van der Waals surface area contributed by atoms with Crippen molar-refractivity contribution in [3.8, 4) is 5.69 Å². The Balaban J connectivity index is 1.58. The largest absolute Gasteiger partial charge is 0.376 e. The van der Waals surface area contributed by atoms with Crippen LogP contribution < -0.4 is 0 Å². The molecule has 3 aromatic rings. The zero-order valence-corrected chi connectivity index (χ0v) is 16.2. The van der Waals surface area contributed by atoms with Crippen LogP contribution in [0.25, 0.3) is 5.69 Å². The molecule has 27 heavy (non-hydrogen) atoms. The molecule has 5 nitrogen and oxygen atoms in total. The second-order valence-corrected chi connectivity index (χ2v) is 7.85. The highest BCUT2D eigenvalue weighted by Crippen LogP contribution is 2.20. The Morgan fingerprint density at radius 1 is 1.30 bits per heavy atom. The van der Waals surface area contributed by atoms with E-state index in [1.165, 1.54) is 4.88 Å². The Bertz CT molecular complexity index is 884. The van der Waals surface area contributed by atoms with Crippen molar-refractivity contribution >= 4 is 17.2 Å². The molecule has 6 heteroatoms. The van der Waals surface area contributed by atoms with Crippen molar-refractivity contribution in [1.29, 1.82) is 0 Å². The number of para-hydroxylation sites is 1. The van der Waals surface area contributed by atoms with E-state index in [0.717, 1.165) is 30.8 Å². The van der Waals surface area contributed by atoms with Gasteiger partial charge in [0.15, 0.2) is 5.69 Å². The summed E-state index contributed by atoms with van der Waals surface area (Å²) in [5.41, 5.74) is 2.38. The van der Waals surface area contributed by atoms with Gasteiger partial charge in [0.25, 0.3) is 5.91 Å². The molecule has 0 bridgehead atoms. The Morgan fingerprint density at radius 3 is 2.85 bits per heavy atom.